The molecule has 0 radical (unpaired) electrons. The minimum Gasteiger partial charge on any atom is -0.466 e. The summed E-state index contributed by atoms with van der Waals surface area (Å²) in [7, 11) is 0. The fourth-order valence-corrected chi connectivity index (χ4v) is 1.71. The minimum absolute atomic E-state index is 0.0402. The van der Waals surface area contributed by atoms with Gasteiger partial charge in [-0.05, 0) is 39.0 Å². The summed E-state index contributed by atoms with van der Waals surface area (Å²) in [5, 5.41) is 0. The lowest BCUT2D eigenvalue weighted by atomic mass is 10.1. The van der Waals surface area contributed by atoms with Gasteiger partial charge in [-0.25, -0.2) is 0 Å². The highest BCUT2D eigenvalue weighted by atomic mass is 16.5. The first-order chi connectivity index (χ1) is 8.81. The zero-order chi connectivity index (χ0) is 13.5. The molecule has 0 rings (SSSR count). The van der Waals surface area contributed by atoms with Gasteiger partial charge in [0.25, 0.3) is 0 Å². The van der Waals surface area contributed by atoms with Crippen LogP contribution in [0.4, 0.5) is 0 Å². The van der Waals surface area contributed by atoms with Crippen LogP contribution in [0, 0.1) is 0 Å². The summed E-state index contributed by atoms with van der Waals surface area (Å²) < 4.78 is 5.15. The average molecular weight is 252 g/mol. The number of hydrogen-bond acceptors (Lipinski definition) is 2. The van der Waals surface area contributed by atoms with Crippen molar-refractivity contribution in [3.05, 3.63) is 24.8 Å². The number of carbonyl (C=O) groups is 1. The molecule has 0 bridgehead atoms. The number of esters is 1. The third kappa shape index (κ3) is 13.0. The van der Waals surface area contributed by atoms with Crippen LogP contribution in [-0.2, 0) is 9.53 Å². The first-order valence-corrected chi connectivity index (χ1v) is 7.19. The highest BCUT2D eigenvalue weighted by molar-refractivity contribution is 5.69. The zero-order valence-electron chi connectivity index (χ0n) is 11.8. The molecule has 0 unspecified atom stereocenters. The molecular formula is C16H28O2. The summed E-state index contributed by atoms with van der Waals surface area (Å²) in [6, 6.07) is 0. The molecule has 0 saturated carbocycles. The Kier molecular flexibility index (Phi) is 13.2. The number of unbranched alkanes of at least 4 members (excludes halogenated alkanes) is 6. The molecule has 0 atom stereocenters. The Labute approximate surface area is 112 Å². The van der Waals surface area contributed by atoms with Crippen molar-refractivity contribution in [3.63, 3.8) is 0 Å². The van der Waals surface area contributed by atoms with Gasteiger partial charge in [-0.3, -0.25) is 4.79 Å². The first-order valence-electron chi connectivity index (χ1n) is 7.19. The van der Waals surface area contributed by atoms with E-state index < -0.39 is 0 Å². The summed E-state index contributed by atoms with van der Waals surface area (Å²) in [4.78, 5) is 11.4. The summed E-state index contributed by atoms with van der Waals surface area (Å²) in [6.45, 7) is 6.26. The largest absolute Gasteiger partial charge is 0.466 e. The topological polar surface area (TPSA) is 26.3 Å². The molecule has 0 aliphatic carbocycles. The monoisotopic (exact) mass is 252 g/mol. The van der Waals surface area contributed by atoms with Crippen molar-refractivity contribution in [2.24, 2.45) is 0 Å². The van der Waals surface area contributed by atoms with Crippen LogP contribution in [-0.4, -0.2) is 12.6 Å². The Hall–Kier alpha value is -1.05. The second-order valence-corrected chi connectivity index (χ2v) is 4.53. The van der Waals surface area contributed by atoms with Crippen molar-refractivity contribution in [1.82, 2.24) is 0 Å². The SMILES string of the molecule is C=CCCCCCCCC(=O)OCCCC=CC. The van der Waals surface area contributed by atoms with Gasteiger partial charge in [-0.15, -0.1) is 6.58 Å². The second kappa shape index (κ2) is 14.0. The van der Waals surface area contributed by atoms with Gasteiger partial charge in [0.2, 0.25) is 0 Å². The predicted octanol–water partition coefficient (Wildman–Crippen LogP) is 4.80. The molecule has 2 nitrogen and oxygen atoms in total. The standard InChI is InChI=1S/C16H28O2/c1-3-5-7-9-10-11-12-14-16(17)18-15-13-8-6-4-2/h3-4,6H,1,5,7-15H2,2H3. The van der Waals surface area contributed by atoms with Crippen molar-refractivity contribution >= 4 is 5.97 Å². The number of carbonyl (C=O) groups excluding carboxylic acids is 1. The molecule has 0 heterocycles. The number of hydrogen-bond donors (Lipinski definition) is 0. The van der Waals surface area contributed by atoms with E-state index >= 15 is 0 Å². The normalized spacial score (nSPS) is 10.7. The predicted molar refractivity (Wildman–Crippen MR) is 77.5 cm³/mol. The van der Waals surface area contributed by atoms with Gasteiger partial charge in [-0.1, -0.05) is 37.5 Å². The van der Waals surface area contributed by atoms with E-state index in [1.807, 2.05) is 19.1 Å². The molecule has 0 aromatic rings. The van der Waals surface area contributed by atoms with Crippen LogP contribution >= 0.6 is 0 Å². The van der Waals surface area contributed by atoms with Crippen LogP contribution in [0.5, 0.6) is 0 Å². The van der Waals surface area contributed by atoms with Crippen LogP contribution < -0.4 is 0 Å². The average Bonchev–Trinajstić information content (AvgIpc) is 2.37. The van der Waals surface area contributed by atoms with E-state index in [0.29, 0.717) is 13.0 Å². The fourth-order valence-electron chi connectivity index (χ4n) is 1.71. The Balaban J connectivity index is 3.19. The lowest BCUT2D eigenvalue weighted by molar-refractivity contribution is -0.143. The maximum absolute atomic E-state index is 11.4. The van der Waals surface area contributed by atoms with E-state index in [4.69, 9.17) is 4.74 Å². The molecule has 104 valence electrons. The maximum atomic E-state index is 11.4. The zero-order valence-corrected chi connectivity index (χ0v) is 11.8. The molecule has 0 N–H and O–H groups in total. The highest BCUT2D eigenvalue weighted by Gasteiger charge is 2.01. The molecule has 18 heavy (non-hydrogen) atoms. The molecule has 2 heteroatoms. The van der Waals surface area contributed by atoms with E-state index in [1.165, 1.54) is 19.3 Å². The molecule has 0 aliphatic heterocycles. The molecule has 0 spiro atoms. The van der Waals surface area contributed by atoms with Crippen molar-refractivity contribution in [2.45, 2.75) is 64.7 Å². The van der Waals surface area contributed by atoms with Crippen molar-refractivity contribution in [2.75, 3.05) is 6.61 Å². The van der Waals surface area contributed by atoms with Crippen LogP contribution in [0.2, 0.25) is 0 Å². The third-order valence-corrected chi connectivity index (χ3v) is 2.80. The van der Waals surface area contributed by atoms with E-state index in [1.54, 1.807) is 0 Å². The van der Waals surface area contributed by atoms with Gasteiger partial charge < -0.3 is 4.74 Å². The third-order valence-electron chi connectivity index (χ3n) is 2.80. The van der Waals surface area contributed by atoms with Gasteiger partial charge in [0.15, 0.2) is 0 Å². The lowest BCUT2D eigenvalue weighted by Gasteiger charge is -2.03. The molecule has 0 amide bonds. The summed E-state index contributed by atoms with van der Waals surface area (Å²) >= 11 is 0. The summed E-state index contributed by atoms with van der Waals surface area (Å²) in [6.07, 6.45) is 15.4. The van der Waals surface area contributed by atoms with E-state index in [0.717, 1.165) is 32.1 Å². The Bertz CT molecular complexity index is 231. The van der Waals surface area contributed by atoms with Crippen LogP contribution in [0.3, 0.4) is 0 Å². The van der Waals surface area contributed by atoms with Crippen LogP contribution in [0.1, 0.15) is 64.7 Å². The molecule has 0 fully saturated rings. The Morgan fingerprint density at radius 2 is 1.78 bits per heavy atom. The smallest absolute Gasteiger partial charge is 0.305 e. The van der Waals surface area contributed by atoms with E-state index in [9.17, 15) is 4.79 Å². The lowest BCUT2D eigenvalue weighted by Crippen LogP contribution is -2.05. The second-order valence-electron chi connectivity index (χ2n) is 4.53. The maximum Gasteiger partial charge on any atom is 0.305 e. The molecule has 0 saturated heterocycles. The van der Waals surface area contributed by atoms with Crippen LogP contribution in [0.15, 0.2) is 24.8 Å². The fraction of sp³-hybridized carbons (Fsp3) is 0.688. The van der Waals surface area contributed by atoms with Gasteiger partial charge in [0.05, 0.1) is 6.61 Å². The van der Waals surface area contributed by atoms with Crippen LogP contribution in [0.25, 0.3) is 0 Å². The van der Waals surface area contributed by atoms with Crippen molar-refractivity contribution < 1.29 is 9.53 Å². The van der Waals surface area contributed by atoms with Crippen molar-refractivity contribution in [3.8, 4) is 0 Å². The first kappa shape index (κ1) is 16.9. The summed E-state index contributed by atoms with van der Waals surface area (Å²) in [5.74, 6) is -0.0402. The summed E-state index contributed by atoms with van der Waals surface area (Å²) in [5.41, 5.74) is 0. The van der Waals surface area contributed by atoms with Gasteiger partial charge >= 0.3 is 5.97 Å². The number of rotatable bonds is 12. The van der Waals surface area contributed by atoms with Gasteiger partial charge in [-0.2, -0.15) is 0 Å². The number of allylic oxidation sites excluding steroid dienone is 3. The van der Waals surface area contributed by atoms with Gasteiger partial charge in [0, 0.05) is 6.42 Å². The van der Waals surface area contributed by atoms with Gasteiger partial charge in [0.1, 0.15) is 0 Å². The van der Waals surface area contributed by atoms with E-state index in [2.05, 4.69) is 12.7 Å². The highest BCUT2D eigenvalue weighted by Crippen LogP contribution is 2.08. The molecule has 0 aromatic heterocycles. The molecule has 0 aromatic carbocycles. The van der Waals surface area contributed by atoms with E-state index in [-0.39, 0.29) is 5.97 Å². The number of ether oxygens (including phenoxy) is 1. The molecule has 0 aliphatic rings. The molecular weight excluding hydrogens is 224 g/mol. The Morgan fingerprint density at radius 1 is 1.06 bits per heavy atom. The minimum atomic E-state index is -0.0402. The Morgan fingerprint density at radius 3 is 2.50 bits per heavy atom. The quantitative estimate of drug-likeness (QED) is 0.283. The van der Waals surface area contributed by atoms with Crippen molar-refractivity contribution in [1.29, 1.82) is 0 Å².